The third-order valence-electron chi connectivity index (χ3n) is 5.60. The second kappa shape index (κ2) is 4.93. The molecule has 4 rings (SSSR count). The summed E-state index contributed by atoms with van der Waals surface area (Å²) >= 11 is 0. The van der Waals surface area contributed by atoms with Gasteiger partial charge in [-0.2, -0.15) is 0 Å². The van der Waals surface area contributed by atoms with Gasteiger partial charge in [0.2, 0.25) is 0 Å². The number of hydrogen-bond acceptors (Lipinski definition) is 3. The van der Waals surface area contributed by atoms with Crippen molar-refractivity contribution in [3.8, 4) is 0 Å². The Kier molecular flexibility index (Phi) is 3.10. The first-order valence-corrected chi connectivity index (χ1v) is 8.11. The molecule has 0 aromatic carbocycles. The van der Waals surface area contributed by atoms with Crippen molar-refractivity contribution in [2.75, 3.05) is 0 Å². The summed E-state index contributed by atoms with van der Waals surface area (Å²) in [4.78, 5) is 0. The van der Waals surface area contributed by atoms with E-state index in [9.17, 15) is 0 Å². The van der Waals surface area contributed by atoms with Crippen molar-refractivity contribution in [1.82, 2.24) is 10.5 Å². The average Bonchev–Trinajstić information content (AvgIpc) is 2.83. The van der Waals surface area contributed by atoms with E-state index in [4.69, 9.17) is 4.52 Å². The summed E-state index contributed by atoms with van der Waals surface area (Å²) in [5.41, 5.74) is 2.60. The second-order valence-electron chi connectivity index (χ2n) is 6.67. The Bertz CT molecular complexity index is 454. The number of hydrogen-bond donors (Lipinski definition) is 1. The van der Waals surface area contributed by atoms with Gasteiger partial charge in [-0.25, -0.2) is 0 Å². The maximum Gasteiger partial charge on any atom is 0.140 e. The highest BCUT2D eigenvalue weighted by molar-refractivity contribution is 5.25. The van der Waals surface area contributed by atoms with Crippen LogP contribution >= 0.6 is 0 Å². The predicted octanol–water partition coefficient (Wildman–Crippen LogP) is 3.22. The van der Waals surface area contributed by atoms with Crippen LogP contribution in [0, 0.1) is 11.8 Å². The van der Waals surface area contributed by atoms with Crippen LogP contribution < -0.4 is 5.32 Å². The summed E-state index contributed by atoms with van der Waals surface area (Å²) in [7, 11) is 0. The largest absolute Gasteiger partial charge is 0.361 e. The van der Waals surface area contributed by atoms with Gasteiger partial charge in [0.1, 0.15) is 11.5 Å². The molecule has 3 heteroatoms. The van der Waals surface area contributed by atoms with Gasteiger partial charge in [-0.15, -0.1) is 0 Å². The van der Waals surface area contributed by atoms with Gasteiger partial charge in [0.15, 0.2) is 0 Å². The van der Waals surface area contributed by atoms with Gasteiger partial charge in [0, 0.05) is 24.6 Å². The third-order valence-corrected chi connectivity index (χ3v) is 5.60. The lowest BCUT2D eigenvalue weighted by Crippen LogP contribution is -2.51. The summed E-state index contributed by atoms with van der Waals surface area (Å²) in [6.45, 7) is 0.923. The van der Waals surface area contributed by atoms with Crippen molar-refractivity contribution in [2.45, 2.75) is 70.4 Å². The zero-order valence-electron chi connectivity index (χ0n) is 11.7. The van der Waals surface area contributed by atoms with Crippen LogP contribution in [0.25, 0.3) is 0 Å². The molecule has 1 unspecified atom stereocenters. The Hall–Kier alpha value is -0.830. The van der Waals surface area contributed by atoms with Gasteiger partial charge in [-0.3, -0.25) is 0 Å². The summed E-state index contributed by atoms with van der Waals surface area (Å²) in [5, 5.41) is 8.04. The zero-order valence-corrected chi connectivity index (χ0v) is 11.7. The van der Waals surface area contributed by atoms with E-state index >= 15 is 0 Å². The fourth-order valence-corrected chi connectivity index (χ4v) is 4.41. The third kappa shape index (κ3) is 2.12. The summed E-state index contributed by atoms with van der Waals surface area (Å²) in [6.07, 6.45) is 12.1. The van der Waals surface area contributed by atoms with E-state index in [-0.39, 0.29) is 0 Å². The number of rotatable bonds is 3. The molecule has 1 N–H and O–H groups in total. The van der Waals surface area contributed by atoms with Gasteiger partial charge in [0.05, 0.1) is 0 Å². The normalized spacial score (nSPS) is 33.4. The van der Waals surface area contributed by atoms with Crippen molar-refractivity contribution in [2.24, 2.45) is 11.8 Å². The molecule has 1 aromatic rings. The summed E-state index contributed by atoms with van der Waals surface area (Å²) in [5.74, 6) is 3.14. The Labute approximate surface area is 115 Å². The van der Waals surface area contributed by atoms with E-state index in [0.717, 1.165) is 36.6 Å². The van der Waals surface area contributed by atoms with Crippen molar-refractivity contribution >= 4 is 0 Å². The molecule has 3 nitrogen and oxygen atoms in total. The Morgan fingerprint density at radius 3 is 2.95 bits per heavy atom. The Morgan fingerprint density at radius 2 is 2.00 bits per heavy atom. The van der Waals surface area contributed by atoms with Gasteiger partial charge < -0.3 is 9.84 Å². The highest BCUT2D eigenvalue weighted by atomic mass is 16.5. The molecule has 0 bridgehead atoms. The van der Waals surface area contributed by atoms with E-state index in [0.29, 0.717) is 0 Å². The monoisotopic (exact) mass is 260 g/mol. The molecule has 1 heterocycles. The summed E-state index contributed by atoms with van der Waals surface area (Å²) < 4.78 is 5.49. The number of nitrogens with one attached hydrogen (secondary N) is 1. The van der Waals surface area contributed by atoms with Crippen LogP contribution in [0.5, 0.6) is 0 Å². The fourth-order valence-electron chi connectivity index (χ4n) is 4.41. The maximum absolute atomic E-state index is 5.49. The molecule has 2 saturated carbocycles. The lowest BCUT2D eigenvalue weighted by Gasteiger charge is -2.48. The minimum absolute atomic E-state index is 0.751. The molecule has 0 amide bonds. The first-order chi connectivity index (χ1) is 9.42. The van der Waals surface area contributed by atoms with Crippen molar-refractivity contribution in [3.63, 3.8) is 0 Å². The highest BCUT2D eigenvalue weighted by Crippen LogP contribution is 2.45. The highest BCUT2D eigenvalue weighted by Gasteiger charge is 2.41. The number of fused-ring (bicyclic) bond motifs is 2. The topological polar surface area (TPSA) is 38.1 Å². The van der Waals surface area contributed by atoms with Gasteiger partial charge in [-0.05, 0) is 43.9 Å². The zero-order chi connectivity index (χ0) is 12.7. The van der Waals surface area contributed by atoms with Gasteiger partial charge >= 0.3 is 0 Å². The molecular weight excluding hydrogens is 236 g/mol. The number of aromatic nitrogens is 1. The van der Waals surface area contributed by atoms with Crippen molar-refractivity contribution in [1.29, 1.82) is 0 Å². The number of nitrogens with zero attached hydrogens (tertiary/aromatic N) is 1. The van der Waals surface area contributed by atoms with Gasteiger partial charge in [-0.1, -0.05) is 24.4 Å². The molecule has 0 spiro atoms. The number of aryl methyl sites for hydroxylation is 1. The molecule has 104 valence electrons. The SMILES string of the molecule is C1CCc2c(CNC3C[C@@H]4CCCC[C@H]34)noc2C1. The lowest BCUT2D eigenvalue weighted by molar-refractivity contribution is 0.0586. The molecule has 0 aliphatic heterocycles. The van der Waals surface area contributed by atoms with Gasteiger partial charge in [0.25, 0.3) is 0 Å². The van der Waals surface area contributed by atoms with Crippen LogP contribution in [0.1, 0.15) is 62.0 Å². The molecule has 0 radical (unpaired) electrons. The maximum atomic E-state index is 5.49. The molecule has 19 heavy (non-hydrogen) atoms. The summed E-state index contributed by atoms with van der Waals surface area (Å²) in [6, 6.07) is 0.751. The molecule has 2 fully saturated rings. The van der Waals surface area contributed by atoms with E-state index in [1.807, 2.05) is 0 Å². The predicted molar refractivity (Wildman–Crippen MR) is 73.8 cm³/mol. The molecule has 3 aliphatic carbocycles. The molecule has 1 aromatic heterocycles. The second-order valence-corrected chi connectivity index (χ2v) is 6.67. The van der Waals surface area contributed by atoms with Crippen LogP contribution in [0.15, 0.2) is 4.52 Å². The molecule has 0 saturated heterocycles. The first kappa shape index (κ1) is 12.0. The Morgan fingerprint density at radius 1 is 1.11 bits per heavy atom. The fraction of sp³-hybridized carbons (Fsp3) is 0.812. The smallest absolute Gasteiger partial charge is 0.140 e. The molecule has 3 aliphatic rings. The van der Waals surface area contributed by atoms with E-state index in [1.165, 1.54) is 62.6 Å². The van der Waals surface area contributed by atoms with E-state index in [1.54, 1.807) is 0 Å². The van der Waals surface area contributed by atoms with Crippen LogP contribution in [-0.4, -0.2) is 11.2 Å². The van der Waals surface area contributed by atoms with Crippen LogP contribution in [0.4, 0.5) is 0 Å². The average molecular weight is 260 g/mol. The van der Waals surface area contributed by atoms with E-state index in [2.05, 4.69) is 10.5 Å². The van der Waals surface area contributed by atoms with Crippen LogP contribution in [0.2, 0.25) is 0 Å². The first-order valence-electron chi connectivity index (χ1n) is 8.11. The quantitative estimate of drug-likeness (QED) is 0.906. The van der Waals surface area contributed by atoms with E-state index < -0.39 is 0 Å². The molecular formula is C16H24N2O. The minimum Gasteiger partial charge on any atom is -0.361 e. The Balaban J connectivity index is 1.36. The lowest BCUT2D eigenvalue weighted by atomic mass is 9.62. The minimum atomic E-state index is 0.751. The van der Waals surface area contributed by atoms with Crippen LogP contribution in [-0.2, 0) is 19.4 Å². The van der Waals surface area contributed by atoms with Crippen molar-refractivity contribution < 1.29 is 4.52 Å². The molecule has 3 atom stereocenters. The van der Waals surface area contributed by atoms with Crippen molar-refractivity contribution in [3.05, 3.63) is 17.0 Å². The van der Waals surface area contributed by atoms with Crippen LogP contribution in [0.3, 0.4) is 0 Å². The standard InChI is InChI=1S/C16H24N2O/c1-2-6-12-11(5-1)9-14(12)17-10-15-13-7-3-4-8-16(13)19-18-15/h11-12,14,17H,1-10H2/t11-,12-,14?/m0/s1.